The Morgan fingerprint density at radius 2 is 1.46 bits per heavy atom. The molecule has 0 amide bonds. The van der Waals surface area contributed by atoms with Crippen molar-refractivity contribution in [3.63, 3.8) is 0 Å². The van der Waals surface area contributed by atoms with Gasteiger partial charge in [-0.3, -0.25) is 0 Å². The molecule has 0 bridgehead atoms. The van der Waals surface area contributed by atoms with Gasteiger partial charge in [0.05, 0.1) is 0 Å². The Labute approximate surface area is 177 Å². The van der Waals surface area contributed by atoms with Gasteiger partial charge in [-0.15, -0.1) is 0 Å². The number of benzene rings is 1. The van der Waals surface area contributed by atoms with Crippen LogP contribution in [0.1, 0.15) is 118 Å². The Balaban J connectivity index is -0.000000379. The van der Waals surface area contributed by atoms with Crippen LogP contribution in [0.25, 0.3) is 0 Å². The van der Waals surface area contributed by atoms with Crippen LogP contribution in [0.2, 0.25) is 0 Å². The first-order valence-corrected chi connectivity index (χ1v) is 11.5. The minimum absolute atomic E-state index is 0.00898. The molecule has 1 aromatic rings. The van der Waals surface area contributed by atoms with Crippen molar-refractivity contribution in [2.75, 3.05) is 0 Å². The lowest BCUT2D eigenvalue weighted by atomic mass is 9.91. The van der Waals surface area contributed by atoms with Crippen LogP contribution in [0, 0.1) is 12.7 Å². The summed E-state index contributed by atoms with van der Waals surface area (Å²) in [6.07, 6.45) is 8.80. The number of aryl methyl sites for hydroxylation is 1. The van der Waals surface area contributed by atoms with Crippen molar-refractivity contribution >= 4 is 0 Å². The predicted molar refractivity (Wildman–Crippen MR) is 130 cm³/mol. The fourth-order valence-corrected chi connectivity index (χ4v) is 2.69. The van der Waals surface area contributed by atoms with E-state index in [4.69, 9.17) is 0 Å². The predicted octanol–water partition coefficient (Wildman–Crippen LogP) is 9.96. The molecule has 0 saturated heterocycles. The van der Waals surface area contributed by atoms with Gasteiger partial charge < -0.3 is 0 Å². The second-order valence-electron chi connectivity index (χ2n) is 6.33. The number of hydrogen-bond donors (Lipinski definition) is 0. The van der Waals surface area contributed by atoms with Crippen LogP contribution in [-0.2, 0) is 6.42 Å². The molecule has 0 fully saturated rings. The molecule has 1 aliphatic carbocycles. The van der Waals surface area contributed by atoms with E-state index < -0.39 is 0 Å². The normalized spacial score (nSPS) is 12.8. The number of rotatable bonds is 3. The van der Waals surface area contributed by atoms with Gasteiger partial charge in [0.1, 0.15) is 5.82 Å². The van der Waals surface area contributed by atoms with E-state index in [1.165, 1.54) is 24.0 Å². The lowest BCUT2D eigenvalue weighted by Crippen LogP contribution is -2.02. The highest BCUT2D eigenvalue weighted by Gasteiger charge is 2.13. The first-order chi connectivity index (χ1) is 13.4. The van der Waals surface area contributed by atoms with Crippen molar-refractivity contribution in [2.24, 2.45) is 0 Å². The highest BCUT2D eigenvalue weighted by Crippen LogP contribution is 2.26. The summed E-state index contributed by atoms with van der Waals surface area (Å²) in [4.78, 5) is 0. The molecular weight excluding hydrogens is 343 g/mol. The topological polar surface area (TPSA) is 0 Å². The smallest absolute Gasteiger partial charge is 0.129 e. The summed E-state index contributed by atoms with van der Waals surface area (Å²) in [6, 6.07) is 3.96. The van der Waals surface area contributed by atoms with Crippen LogP contribution < -0.4 is 0 Å². The Morgan fingerprint density at radius 3 is 1.82 bits per heavy atom. The van der Waals surface area contributed by atoms with Gasteiger partial charge in [-0.2, -0.15) is 0 Å². The fraction of sp³-hybridized carbons (Fsp3) is 0.630. The summed E-state index contributed by atoms with van der Waals surface area (Å²) < 4.78 is 13.8. The molecule has 0 saturated carbocycles. The highest BCUT2D eigenvalue weighted by atomic mass is 19.1. The van der Waals surface area contributed by atoms with Crippen molar-refractivity contribution in [3.05, 3.63) is 57.9 Å². The summed E-state index contributed by atoms with van der Waals surface area (Å²) in [5.74, 6) is 0.449. The van der Waals surface area contributed by atoms with Gasteiger partial charge >= 0.3 is 0 Å². The van der Waals surface area contributed by atoms with Crippen molar-refractivity contribution in [2.45, 2.75) is 115 Å². The number of halogens is 1. The molecule has 1 aromatic carbocycles. The van der Waals surface area contributed by atoms with E-state index >= 15 is 0 Å². The molecule has 0 aromatic heterocycles. The van der Waals surface area contributed by atoms with E-state index in [-0.39, 0.29) is 5.82 Å². The third-order valence-corrected chi connectivity index (χ3v) is 4.70. The van der Waals surface area contributed by atoms with Crippen LogP contribution in [0.5, 0.6) is 0 Å². The molecule has 0 aliphatic heterocycles. The lowest BCUT2D eigenvalue weighted by molar-refractivity contribution is 0.592. The SMILES string of the molecule is CC.CC.CC.CC1=C(C)CCC=C1.CCc1c(C(C)CC)ccc(C)c1F. The average molecular weight is 393 g/mol. The van der Waals surface area contributed by atoms with Gasteiger partial charge in [-0.05, 0) is 69.1 Å². The van der Waals surface area contributed by atoms with Crippen molar-refractivity contribution in [3.8, 4) is 0 Å². The molecule has 1 heteroatoms. The maximum atomic E-state index is 13.8. The van der Waals surface area contributed by atoms with Crippen molar-refractivity contribution in [1.29, 1.82) is 0 Å². The van der Waals surface area contributed by atoms with E-state index in [9.17, 15) is 4.39 Å². The van der Waals surface area contributed by atoms with E-state index in [0.29, 0.717) is 5.92 Å². The molecular formula is C27H49F. The average Bonchev–Trinajstić information content (AvgIpc) is 2.76. The molecule has 0 N–H and O–H groups in total. The van der Waals surface area contributed by atoms with Gasteiger partial charge in [0.25, 0.3) is 0 Å². The first-order valence-electron chi connectivity index (χ1n) is 11.5. The van der Waals surface area contributed by atoms with Crippen LogP contribution in [0.4, 0.5) is 4.39 Å². The summed E-state index contributed by atoms with van der Waals surface area (Å²) in [5, 5.41) is 0. The maximum absolute atomic E-state index is 13.8. The number of allylic oxidation sites excluding steroid dienone is 4. The van der Waals surface area contributed by atoms with Crippen LogP contribution in [0.3, 0.4) is 0 Å². The molecule has 2 rings (SSSR count). The Kier molecular flexibility index (Phi) is 22.8. The second kappa shape index (κ2) is 20.4. The first kappa shape index (κ1) is 31.3. The van der Waals surface area contributed by atoms with Crippen molar-refractivity contribution < 1.29 is 4.39 Å². The summed E-state index contributed by atoms with van der Waals surface area (Å²) in [6.45, 7) is 24.5. The lowest BCUT2D eigenvalue weighted by Gasteiger charge is -2.15. The molecule has 0 nitrogen and oxygen atoms in total. The largest absolute Gasteiger partial charge is 0.206 e. The minimum atomic E-state index is -0.00898. The molecule has 1 aliphatic rings. The van der Waals surface area contributed by atoms with Gasteiger partial charge in [-0.25, -0.2) is 4.39 Å². The monoisotopic (exact) mass is 392 g/mol. The zero-order valence-corrected chi connectivity index (χ0v) is 21.1. The van der Waals surface area contributed by atoms with Crippen LogP contribution >= 0.6 is 0 Å². The van der Waals surface area contributed by atoms with Gasteiger partial charge in [0.2, 0.25) is 0 Å². The van der Waals surface area contributed by atoms with Gasteiger partial charge in [0.15, 0.2) is 0 Å². The second-order valence-corrected chi connectivity index (χ2v) is 6.33. The van der Waals surface area contributed by atoms with Crippen molar-refractivity contribution in [1.82, 2.24) is 0 Å². The van der Waals surface area contributed by atoms with E-state index in [1.54, 1.807) is 5.57 Å². The molecule has 0 spiro atoms. The Morgan fingerprint density at radius 1 is 0.929 bits per heavy atom. The summed E-state index contributed by atoms with van der Waals surface area (Å²) in [7, 11) is 0. The maximum Gasteiger partial charge on any atom is 0.129 e. The summed E-state index contributed by atoms with van der Waals surface area (Å²) >= 11 is 0. The Bertz CT molecular complexity index is 550. The van der Waals surface area contributed by atoms with Crippen LogP contribution in [-0.4, -0.2) is 0 Å². The zero-order chi connectivity index (χ0) is 22.7. The Hall–Kier alpha value is -1.37. The minimum Gasteiger partial charge on any atom is -0.206 e. The highest BCUT2D eigenvalue weighted by molar-refractivity contribution is 5.35. The molecule has 0 heterocycles. The molecule has 1 unspecified atom stereocenters. The van der Waals surface area contributed by atoms with E-state index in [2.05, 4.69) is 45.9 Å². The fourth-order valence-electron chi connectivity index (χ4n) is 2.69. The molecule has 28 heavy (non-hydrogen) atoms. The summed E-state index contributed by atoms with van der Waals surface area (Å²) in [5.41, 5.74) is 5.84. The molecule has 0 radical (unpaired) electrons. The quantitative estimate of drug-likeness (QED) is 0.480. The third-order valence-electron chi connectivity index (χ3n) is 4.70. The molecule has 164 valence electrons. The van der Waals surface area contributed by atoms with Gasteiger partial charge in [0, 0.05) is 0 Å². The van der Waals surface area contributed by atoms with E-state index in [0.717, 1.165) is 24.0 Å². The zero-order valence-electron chi connectivity index (χ0n) is 21.1. The number of hydrogen-bond acceptors (Lipinski definition) is 0. The van der Waals surface area contributed by atoms with Gasteiger partial charge in [-0.1, -0.05) is 97.7 Å². The van der Waals surface area contributed by atoms with E-state index in [1.807, 2.05) is 61.5 Å². The van der Waals surface area contributed by atoms with Crippen LogP contribution in [0.15, 0.2) is 35.4 Å². The molecule has 1 atom stereocenters. The standard InChI is InChI=1S/C13H19F.C8H12.3C2H6/c1-5-9(3)12-8-7-10(4)13(14)11(12)6-2;1-7-5-3-4-6-8(7)2;3*1-2/h7-9H,5-6H2,1-4H3;3,5H,4,6H2,1-2H3;3*1-2H3. The third kappa shape index (κ3) is 11.5.